The molecule has 84 heavy (non-hydrogen) atoms. The first-order valence-electron chi connectivity index (χ1n) is 27.2. The highest BCUT2D eigenvalue weighted by Gasteiger charge is 2.33. The van der Waals surface area contributed by atoms with Gasteiger partial charge in [0.15, 0.2) is 12.3 Å². The molecule has 0 radical (unpaired) electrons. The Morgan fingerprint density at radius 2 is 1.50 bits per heavy atom. The fraction of sp³-hybridized carbons (Fsp3) is 0.322. The highest BCUT2D eigenvalue weighted by molar-refractivity contribution is 8.03. The molecule has 0 aliphatic carbocycles. The number of halogens is 2. The van der Waals surface area contributed by atoms with Crippen LogP contribution in [0.25, 0.3) is 44.2 Å². The number of hydrogen-bond donors (Lipinski definition) is 4. The van der Waals surface area contributed by atoms with Gasteiger partial charge in [0, 0.05) is 71.1 Å². The van der Waals surface area contributed by atoms with Gasteiger partial charge in [-0.05, 0) is 123 Å². The molecular weight excluding hydrogens is 1220 g/mol. The standard InChI is InChI=1S/C59H62Cl2N6O12S5/c1-5-6-16-52(67-47-37-43(61)21-25-51(47)81-57(67)34-39(3)31-54-64(27-12-29-83(72,73)74)45-36-42(60)20-23-48(45)78-54)62-53(68)17-8-7-11-26-65-46-35-41(59(69)63-82(4,70)71)19-24-50(46)80-56(65)33-38(2)32-55-66(28-13-30-84(75,76)77)58-44-15-10-9-14-40(44)18-22-49(58)79-55/h9-10,14-15,18-25,31-37,52H,5-8,11-13,16-17,26-30H2,1-4H3,(H2-2,62,63,68,69,72,73,74,75,76,77)/p+2. The lowest BCUT2D eigenvalue weighted by molar-refractivity contribution is -0.700. The number of nitrogens with zero attached hydrogens (tertiary/aromatic N) is 4. The van der Waals surface area contributed by atoms with Crippen LogP contribution in [-0.4, -0.2) is 77.0 Å². The number of rotatable bonds is 25. The first-order valence-corrected chi connectivity index (χ1v) is 34.7. The number of allylic oxidation sites excluding steroid dienone is 4. The third kappa shape index (κ3) is 15.8. The summed E-state index contributed by atoms with van der Waals surface area (Å²) < 4.78 is 110. The zero-order valence-corrected chi connectivity index (χ0v) is 52.1. The molecule has 444 valence electrons. The van der Waals surface area contributed by atoms with Gasteiger partial charge in [-0.1, -0.05) is 90.3 Å². The predicted octanol–water partition coefficient (Wildman–Crippen LogP) is 12.0. The van der Waals surface area contributed by atoms with Crippen LogP contribution in [0.1, 0.15) is 106 Å². The molecule has 4 heterocycles. The summed E-state index contributed by atoms with van der Waals surface area (Å²) in [6, 6.07) is 27.6. The monoisotopic (exact) mass is 1280 g/mol. The maximum atomic E-state index is 14.1. The van der Waals surface area contributed by atoms with E-state index >= 15 is 0 Å². The van der Waals surface area contributed by atoms with Crippen LogP contribution in [0, 0.1) is 0 Å². The van der Waals surface area contributed by atoms with E-state index in [4.69, 9.17) is 32.4 Å². The molecule has 25 heteroatoms. The molecule has 4 N–H and O–H groups in total. The van der Waals surface area contributed by atoms with Gasteiger partial charge in [-0.3, -0.25) is 24.0 Å². The molecule has 2 aliphatic rings. The number of aromatic nitrogens is 2. The second-order valence-corrected chi connectivity index (χ2v) is 28.6. The number of amides is 2. The summed E-state index contributed by atoms with van der Waals surface area (Å²) in [5.41, 5.74) is 5.36. The Morgan fingerprint density at radius 3 is 2.26 bits per heavy atom. The van der Waals surface area contributed by atoms with Crippen molar-refractivity contribution in [3.8, 4) is 5.75 Å². The van der Waals surface area contributed by atoms with Crippen LogP contribution in [0.5, 0.6) is 5.75 Å². The highest BCUT2D eigenvalue weighted by Crippen LogP contribution is 2.47. The maximum absolute atomic E-state index is 14.1. The van der Waals surface area contributed by atoms with Crippen molar-refractivity contribution in [3.63, 3.8) is 0 Å². The number of thioether (sulfide) groups is 1. The third-order valence-corrected chi connectivity index (χ3v) is 18.8. The molecule has 7 aromatic rings. The predicted molar refractivity (Wildman–Crippen MR) is 333 cm³/mol. The van der Waals surface area contributed by atoms with E-state index in [-0.39, 0.29) is 43.8 Å². The number of carbonyl (C=O) groups is 2. The molecule has 2 aromatic heterocycles. The van der Waals surface area contributed by atoms with Crippen LogP contribution in [0.3, 0.4) is 0 Å². The quantitative estimate of drug-likeness (QED) is 0.0236. The molecular formula is C59H64Cl2N6O12S5+2. The van der Waals surface area contributed by atoms with Crippen LogP contribution in [-0.2, 0) is 41.6 Å². The summed E-state index contributed by atoms with van der Waals surface area (Å²) in [4.78, 5) is 32.0. The molecule has 5 aromatic carbocycles. The Kier molecular flexibility index (Phi) is 19.7. The van der Waals surface area contributed by atoms with Crippen molar-refractivity contribution >= 4 is 144 Å². The average Bonchev–Trinajstić information content (AvgIpc) is 4.39. The lowest BCUT2D eigenvalue weighted by atomic mass is 10.1. The van der Waals surface area contributed by atoms with E-state index in [9.17, 15) is 43.9 Å². The number of hydrogen-bond acceptors (Lipinski definition) is 14. The van der Waals surface area contributed by atoms with E-state index in [2.05, 4.69) is 26.4 Å². The number of thiazole rings is 1. The first kappa shape index (κ1) is 62.3. The molecule has 1 atom stereocenters. The van der Waals surface area contributed by atoms with Gasteiger partial charge in [-0.15, -0.1) is 0 Å². The lowest BCUT2D eigenvalue weighted by Gasteiger charge is -2.21. The van der Waals surface area contributed by atoms with Gasteiger partial charge < -0.3 is 19.0 Å². The third-order valence-electron chi connectivity index (χ3n) is 13.9. The number of benzene rings is 5. The molecule has 0 saturated heterocycles. The fourth-order valence-electron chi connectivity index (χ4n) is 10.2. The largest absolute Gasteiger partial charge is 0.439 e. The Hall–Kier alpha value is -6.28. The highest BCUT2D eigenvalue weighted by atomic mass is 35.5. The van der Waals surface area contributed by atoms with Crippen molar-refractivity contribution in [3.05, 3.63) is 152 Å². The average molecular weight is 1280 g/mol. The molecule has 1 unspecified atom stereocenters. The normalized spacial score (nSPS) is 15.4. The lowest BCUT2D eigenvalue weighted by Crippen LogP contribution is -2.50. The van der Waals surface area contributed by atoms with E-state index in [0.29, 0.717) is 76.8 Å². The second kappa shape index (κ2) is 26.5. The number of unbranched alkanes of at least 4 members (excludes halogenated alkanes) is 3. The van der Waals surface area contributed by atoms with Gasteiger partial charge in [0.2, 0.25) is 39.1 Å². The zero-order valence-electron chi connectivity index (χ0n) is 46.5. The molecule has 2 aliphatic heterocycles. The van der Waals surface area contributed by atoms with Crippen LogP contribution >= 0.6 is 46.3 Å². The summed E-state index contributed by atoms with van der Waals surface area (Å²) in [5, 5.41) is 7.92. The van der Waals surface area contributed by atoms with Crippen LogP contribution < -0.4 is 33.7 Å². The SMILES string of the molecule is CCCCC(NC(=O)CCCCCN1C(=CC(C)=Cc2oc3ccc4ccccc4c3[n+]2CCCS(=O)(=O)O)Sc2ccc(C(=O)NS(C)(=O)=O)cc21)[n+]1c(C=C(C)C=C2Oc3ccc(Cl)cc3N2CCCS(=O)(=O)O)sc2ccc(Cl)cc21. The van der Waals surface area contributed by atoms with Gasteiger partial charge in [-0.25, -0.2) is 13.1 Å². The topological polar surface area (TPSA) is 238 Å². The van der Waals surface area contributed by atoms with E-state index < -0.39 is 53.8 Å². The molecule has 18 nitrogen and oxygen atoms in total. The van der Waals surface area contributed by atoms with Crippen molar-refractivity contribution < 1.29 is 62.2 Å². The van der Waals surface area contributed by atoms with Gasteiger partial charge in [0.05, 0.1) is 45.6 Å². The number of fused-ring (bicyclic) bond motifs is 6. The Morgan fingerprint density at radius 1 is 0.774 bits per heavy atom. The van der Waals surface area contributed by atoms with E-state index in [1.807, 2.05) is 102 Å². The Bertz CT molecular complexity index is 4180. The van der Waals surface area contributed by atoms with E-state index in [1.165, 1.54) is 11.8 Å². The Labute approximate surface area is 507 Å². The molecule has 0 fully saturated rings. The minimum atomic E-state index is -4.22. The van der Waals surface area contributed by atoms with Crippen LogP contribution in [0.2, 0.25) is 10.0 Å². The van der Waals surface area contributed by atoms with Crippen molar-refractivity contribution in [2.24, 2.45) is 0 Å². The summed E-state index contributed by atoms with van der Waals surface area (Å²) in [7, 11) is -12.3. The van der Waals surface area contributed by atoms with Crippen molar-refractivity contribution in [2.45, 2.75) is 96.2 Å². The van der Waals surface area contributed by atoms with Gasteiger partial charge in [0.1, 0.15) is 4.70 Å². The maximum Gasteiger partial charge on any atom is 0.374 e. The van der Waals surface area contributed by atoms with Gasteiger partial charge in [-0.2, -0.15) is 26.0 Å². The summed E-state index contributed by atoms with van der Waals surface area (Å²) in [5.74, 6) is -0.279. The Balaban J connectivity index is 0.938. The fourth-order valence-corrected chi connectivity index (χ4v) is 14.4. The molecule has 2 amide bonds. The van der Waals surface area contributed by atoms with Gasteiger partial charge in [0.25, 0.3) is 36.7 Å². The van der Waals surface area contributed by atoms with Gasteiger partial charge >= 0.3 is 5.89 Å². The van der Waals surface area contributed by atoms with Crippen LogP contribution in [0.4, 0.5) is 11.4 Å². The number of nitrogens with one attached hydrogen (secondary N) is 2. The smallest absolute Gasteiger partial charge is 0.374 e. The zero-order chi connectivity index (χ0) is 60.1. The summed E-state index contributed by atoms with van der Waals surface area (Å²) in [6.45, 7) is 6.89. The number of ether oxygens (including phenoxy) is 1. The second-order valence-electron chi connectivity index (χ2n) is 20.7. The van der Waals surface area contributed by atoms with E-state index in [1.54, 1.807) is 47.7 Å². The number of oxazole rings is 1. The van der Waals surface area contributed by atoms with Crippen molar-refractivity contribution in [2.75, 3.05) is 40.7 Å². The molecule has 0 bridgehead atoms. The number of aryl methyl sites for hydroxylation is 1. The van der Waals surface area contributed by atoms with Crippen molar-refractivity contribution in [1.82, 2.24) is 10.0 Å². The molecule has 0 spiro atoms. The minimum absolute atomic E-state index is 0.130. The summed E-state index contributed by atoms with van der Waals surface area (Å²) in [6.07, 6.45) is 12.9. The summed E-state index contributed by atoms with van der Waals surface area (Å²) >= 11 is 16.0. The number of sulfonamides is 1. The number of carbonyl (C=O) groups excluding carboxylic acids is 2. The molecule has 9 rings (SSSR count). The molecule has 0 saturated carbocycles. The van der Waals surface area contributed by atoms with Crippen molar-refractivity contribution in [1.29, 1.82) is 0 Å². The van der Waals surface area contributed by atoms with Crippen LogP contribution in [0.15, 0.2) is 135 Å². The number of anilines is 2. The minimum Gasteiger partial charge on any atom is -0.439 e. The first-order chi connectivity index (χ1) is 39.9. The van der Waals surface area contributed by atoms with E-state index in [0.717, 1.165) is 71.7 Å².